The molecule has 0 unspecified atom stereocenters. The summed E-state index contributed by atoms with van der Waals surface area (Å²) in [4.78, 5) is 17.8. The van der Waals surface area contributed by atoms with Crippen molar-refractivity contribution in [3.63, 3.8) is 0 Å². The number of anilines is 1. The predicted octanol–water partition coefficient (Wildman–Crippen LogP) is 2.96. The van der Waals surface area contributed by atoms with E-state index < -0.39 is 0 Å². The zero-order valence-electron chi connectivity index (χ0n) is 9.80. The zero-order chi connectivity index (χ0) is 13.1. The van der Waals surface area contributed by atoms with Crippen LogP contribution in [0.25, 0.3) is 0 Å². The minimum Gasteiger partial charge on any atom is -0.411 e. The third-order valence-corrected chi connectivity index (χ3v) is 3.97. The van der Waals surface area contributed by atoms with Gasteiger partial charge >= 0.3 is 0 Å². The maximum atomic E-state index is 11.9. The van der Waals surface area contributed by atoms with Gasteiger partial charge in [0.2, 0.25) is 0 Å². The van der Waals surface area contributed by atoms with Gasteiger partial charge in [-0.15, -0.1) is 22.7 Å². The number of carbonyl (C=O) groups excluding carboxylic acids is 1. The van der Waals surface area contributed by atoms with E-state index >= 15 is 0 Å². The first kappa shape index (κ1) is 12.7. The fraction of sp³-hybridized carbons (Fsp3) is 0.182. The number of rotatable bonds is 3. The first-order valence-electron chi connectivity index (χ1n) is 5.12. The average molecular weight is 281 g/mol. The molecule has 2 aromatic heterocycles. The molecule has 5 nitrogen and oxygen atoms in total. The van der Waals surface area contributed by atoms with Gasteiger partial charge in [-0.2, -0.15) is 0 Å². The molecular formula is C11H11N3O2S2. The zero-order valence-corrected chi connectivity index (χ0v) is 11.4. The van der Waals surface area contributed by atoms with Crippen molar-refractivity contribution >= 4 is 39.4 Å². The highest BCUT2D eigenvalue weighted by Gasteiger charge is 2.11. The molecule has 2 aromatic rings. The third kappa shape index (κ3) is 2.74. The Bertz CT molecular complexity index is 601. The summed E-state index contributed by atoms with van der Waals surface area (Å²) < 4.78 is 0. The van der Waals surface area contributed by atoms with Crippen LogP contribution < -0.4 is 5.32 Å². The van der Waals surface area contributed by atoms with Crippen LogP contribution in [0.2, 0.25) is 0 Å². The molecular weight excluding hydrogens is 270 g/mol. The van der Waals surface area contributed by atoms with E-state index in [1.165, 1.54) is 22.7 Å². The Morgan fingerprint density at radius 3 is 2.89 bits per heavy atom. The highest BCUT2D eigenvalue weighted by atomic mass is 32.1. The molecule has 0 atom stereocenters. The summed E-state index contributed by atoms with van der Waals surface area (Å²) in [5.74, 6) is -0.174. The molecule has 0 aliphatic carbocycles. The van der Waals surface area contributed by atoms with Crippen molar-refractivity contribution in [3.05, 3.63) is 33.0 Å². The number of aryl methyl sites for hydroxylation is 1. The van der Waals surface area contributed by atoms with Crippen LogP contribution in [0.5, 0.6) is 0 Å². The van der Waals surface area contributed by atoms with Crippen LogP contribution in [-0.2, 0) is 0 Å². The monoisotopic (exact) mass is 281 g/mol. The van der Waals surface area contributed by atoms with Crippen LogP contribution in [0, 0.1) is 6.92 Å². The molecule has 0 fully saturated rings. The number of nitrogens with zero attached hydrogens (tertiary/aromatic N) is 2. The van der Waals surface area contributed by atoms with E-state index in [4.69, 9.17) is 5.21 Å². The second-order valence-electron chi connectivity index (χ2n) is 3.59. The van der Waals surface area contributed by atoms with Crippen molar-refractivity contribution in [1.82, 2.24) is 4.98 Å². The van der Waals surface area contributed by atoms with E-state index in [0.717, 1.165) is 4.88 Å². The smallest absolute Gasteiger partial charge is 0.267 e. The maximum Gasteiger partial charge on any atom is 0.267 e. The van der Waals surface area contributed by atoms with Gasteiger partial charge in [0.25, 0.3) is 5.91 Å². The van der Waals surface area contributed by atoms with E-state index in [1.54, 1.807) is 18.4 Å². The maximum absolute atomic E-state index is 11.9. The molecule has 94 valence electrons. The van der Waals surface area contributed by atoms with Crippen molar-refractivity contribution < 1.29 is 10.0 Å². The number of nitrogens with one attached hydrogen (secondary N) is 1. The lowest BCUT2D eigenvalue weighted by atomic mass is 10.3. The van der Waals surface area contributed by atoms with Gasteiger partial charge in [0.1, 0.15) is 11.4 Å². The van der Waals surface area contributed by atoms with Crippen LogP contribution in [0.15, 0.2) is 22.7 Å². The minimum absolute atomic E-state index is 0.174. The summed E-state index contributed by atoms with van der Waals surface area (Å²) in [6.07, 6.45) is 0. The molecule has 0 spiro atoms. The summed E-state index contributed by atoms with van der Waals surface area (Å²) in [6.45, 7) is 3.59. The molecule has 2 N–H and O–H groups in total. The Morgan fingerprint density at radius 2 is 2.28 bits per heavy atom. The Balaban J connectivity index is 2.10. The molecule has 0 aromatic carbocycles. The van der Waals surface area contributed by atoms with Gasteiger partial charge in [-0.3, -0.25) is 10.1 Å². The van der Waals surface area contributed by atoms with Crippen molar-refractivity contribution in [2.24, 2.45) is 5.16 Å². The normalized spacial score (nSPS) is 11.6. The van der Waals surface area contributed by atoms with E-state index in [0.29, 0.717) is 21.4 Å². The fourth-order valence-corrected chi connectivity index (χ4v) is 2.78. The molecule has 0 saturated heterocycles. The van der Waals surface area contributed by atoms with E-state index in [1.807, 2.05) is 13.0 Å². The number of hydrogen-bond acceptors (Lipinski definition) is 6. The topological polar surface area (TPSA) is 74.6 Å². The van der Waals surface area contributed by atoms with E-state index in [-0.39, 0.29) is 5.91 Å². The Kier molecular flexibility index (Phi) is 3.73. The number of aromatic nitrogens is 1. The van der Waals surface area contributed by atoms with Gasteiger partial charge in [-0.05, 0) is 26.0 Å². The molecule has 2 rings (SSSR count). The molecule has 0 bridgehead atoms. The van der Waals surface area contributed by atoms with Crippen LogP contribution in [0.3, 0.4) is 0 Å². The fourth-order valence-electron chi connectivity index (χ4n) is 1.26. The van der Waals surface area contributed by atoms with Crippen molar-refractivity contribution in [2.75, 3.05) is 5.32 Å². The van der Waals surface area contributed by atoms with Gasteiger partial charge in [-0.1, -0.05) is 5.16 Å². The Hall–Kier alpha value is -1.73. The van der Waals surface area contributed by atoms with Gasteiger partial charge in [0.05, 0.1) is 4.88 Å². The van der Waals surface area contributed by atoms with Gasteiger partial charge in [-0.25, -0.2) is 4.98 Å². The lowest BCUT2D eigenvalue weighted by Crippen LogP contribution is -2.10. The highest BCUT2D eigenvalue weighted by Crippen LogP contribution is 2.20. The largest absolute Gasteiger partial charge is 0.411 e. The highest BCUT2D eigenvalue weighted by molar-refractivity contribution is 7.15. The SMILES string of the molecule is CC(=NO)c1csc(NC(=O)c2ccc(C)s2)n1. The molecule has 0 aliphatic rings. The molecule has 7 heteroatoms. The van der Waals surface area contributed by atoms with Gasteiger partial charge in [0, 0.05) is 10.3 Å². The minimum atomic E-state index is -0.174. The molecule has 0 saturated carbocycles. The second kappa shape index (κ2) is 5.28. The first-order valence-corrected chi connectivity index (χ1v) is 6.82. The van der Waals surface area contributed by atoms with E-state index in [2.05, 4.69) is 15.5 Å². The molecule has 0 radical (unpaired) electrons. The number of oxime groups is 1. The van der Waals surface area contributed by atoms with Gasteiger partial charge < -0.3 is 5.21 Å². The summed E-state index contributed by atoms with van der Waals surface area (Å²) in [5.41, 5.74) is 0.971. The summed E-state index contributed by atoms with van der Waals surface area (Å²) in [6, 6.07) is 3.68. The van der Waals surface area contributed by atoms with Crippen molar-refractivity contribution in [2.45, 2.75) is 13.8 Å². The number of amides is 1. The molecule has 1 amide bonds. The Morgan fingerprint density at radius 1 is 1.50 bits per heavy atom. The number of thiazole rings is 1. The summed E-state index contributed by atoms with van der Waals surface area (Å²) in [5, 5.41) is 16.6. The second-order valence-corrected chi connectivity index (χ2v) is 5.73. The van der Waals surface area contributed by atoms with Crippen LogP contribution >= 0.6 is 22.7 Å². The first-order chi connectivity index (χ1) is 8.60. The molecule has 2 heterocycles. The molecule has 18 heavy (non-hydrogen) atoms. The molecule has 0 aliphatic heterocycles. The van der Waals surface area contributed by atoms with Crippen LogP contribution in [-0.4, -0.2) is 21.8 Å². The predicted molar refractivity (Wildman–Crippen MR) is 73.1 cm³/mol. The standard InChI is InChI=1S/C11H11N3O2S2/c1-6-3-4-9(18-6)10(15)13-11-12-8(5-17-11)7(2)14-16/h3-5,16H,1-2H3,(H,12,13,15). The lowest BCUT2D eigenvalue weighted by molar-refractivity contribution is 0.103. The number of hydrogen-bond donors (Lipinski definition) is 2. The van der Waals surface area contributed by atoms with E-state index in [9.17, 15) is 4.79 Å². The quantitative estimate of drug-likeness (QED) is 0.516. The third-order valence-electron chi connectivity index (χ3n) is 2.21. The van der Waals surface area contributed by atoms with Gasteiger partial charge in [0.15, 0.2) is 5.13 Å². The Labute approximate surface area is 112 Å². The van der Waals surface area contributed by atoms with Crippen molar-refractivity contribution in [1.29, 1.82) is 0 Å². The summed E-state index contributed by atoms with van der Waals surface area (Å²) >= 11 is 2.73. The number of thiophene rings is 1. The number of carbonyl (C=O) groups is 1. The van der Waals surface area contributed by atoms with Crippen LogP contribution in [0.4, 0.5) is 5.13 Å². The van der Waals surface area contributed by atoms with Crippen LogP contribution in [0.1, 0.15) is 27.2 Å². The van der Waals surface area contributed by atoms with Crippen molar-refractivity contribution in [3.8, 4) is 0 Å². The summed E-state index contributed by atoms with van der Waals surface area (Å²) in [7, 11) is 0. The lowest BCUT2D eigenvalue weighted by Gasteiger charge is -1.97. The average Bonchev–Trinajstić information content (AvgIpc) is 2.97.